The van der Waals surface area contributed by atoms with Gasteiger partial charge in [-0.1, -0.05) is 41.9 Å². The summed E-state index contributed by atoms with van der Waals surface area (Å²) in [5.74, 6) is 0.931. The number of halogens is 1. The first-order valence-corrected chi connectivity index (χ1v) is 9.25. The zero-order chi connectivity index (χ0) is 19.8. The van der Waals surface area contributed by atoms with Crippen LogP contribution in [0.1, 0.15) is 21.6 Å². The van der Waals surface area contributed by atoms with Crippen LogP contribution in [0.3, 0.4) is 0 Å². The van der Waals surface area contributed by atoms with Crippen molar-refractivity contribution in [3.63, 3.8) is 0 Å². The number of benzene rings is 2. The molecule has 0 atom stereocenters. The molecule has 7 heteroatoms. The molecular weight excluding hydrogens is 376 g/mol. The summed E-state index contributed by atoms with van der Waals surface area (Å²) >= 11 is 6.15. The van der Waals surface area contributed by atoms with Crippen LogP contribution < -0.4 is 15.4 Å². The Kier molecular flexibility index (Phi) is 6.81. The van der Waals surface area contributed by atoms with Gasteiger partial charge in [0.05, 0.1) is 7.11 Å². The predicted molar refractivity (Wildman–Crippen MR) is 110 cm³/mol. The first-order valence-electron chi connectivity index (χ1n) is 8.87. The average molecular weight is 397 g/mol. The zero-order valence-corrected chi connectivity index (χ0v) is 16.2. The largest absolute Gasteiger partial charge is 0.497 e. The van der Waals surface area contributed by atoms with E-state index in [-0.39, 0.29) is 5.91 Å². The highest BCUT2D eigenvalue weighted by atomic mass is 35.5. The van der Waals surface area contributed by atoms with E-state index in [0.29, 0.717) is 36.2 Å². The maximum atomic E-state index is 12.4. The van der Waals surface area contributed by atoms with Crippen molar-refractivity contribution in [3.05, 3.63) is 82.6 Å². The molecule has 0 saturated carbocycles. The zero-order valence-electron chi connectivity index (χ0n) is 15.5. The molecule has 0 saturated heterocycles. The van der Waals surface area contributed by atoms with E-state index in [1.54, 1.807) is 19.4 Å². The Balaban J connectivity index is 1.54. The smallest absolute Gasteiger partial charge is 0.270 e. The second-order valence-corrected chi connectivity index (χ2v) is 6.48. The lowest BCUT2D eigenvalue weighted by atomic mass is 10.1. The van der Waals surface area contributed by atoms with Crippen LogP contribution in [0.2, 0.25) is 5.02 Å². The Labute approximate surface area is 168 Å². The van der Waals surface area contributed by atoms with Crippen LogP contribution in [0.4, 0.5) is 5.95 Å². The van der Waals surface area contributed by atoms with Gasteiger partial charge >= 0.3 is 0 Å². The van der Waals surface area contributed by atoms with Crippen LogP contribution in [0.5, 0.6) is 5.75 Å². The van der Waals surface area contributed by atoms with E-state index < -0.39 is 0 Å². The molecule has 6 nitrogen and oxygen atoms in total. The second kappa shape index (κ2) is 9.71. The molecule has 1 amide bonds. The molecule has 0 aliphatic rings. The molecule has 1 aromatic heterocycles. The van der Waals surface area contributed by atoms with Crippen molar-refractivity contribution in [1.29, 1.82) is 0 Å². The van der Waals surface area contributed by atoms with Crippen LogP contribution in [0, 0.1) is 0 Å². The van der Waals surface area contributed by atoms with E-state index in [9.17, 15) is 4.79 Å². The average Bonchev–Trinajstić information content (AvgIpc) is 2.73. The molecule has 0 aliphatic heterocycles. The van der Waals surface area contributed by atoms with E-state index in [4.69, 9.17) is 16.3 Å². The third-order valence-electron chi connectivity index (χ3n) is 4.12. The van der Waals surface area contributed by atoms with E-state index in [1.807, 2.05) is 48.5 Å². The molecule has 1 heterocycles. The SMILES string of the molecule is COc1cccc(CCNC(=O)c2ccnc(NCc3ccccc3Cl)n2)c1. The van der Waals surface area contributed by atoms with Crippen LogP contribution >= 0.6 is 11.6 Å². The number of amides is 1. The molecule has 2 N–H and O–H groups in total. The number of methoxy groups -OCH3 is 1. The van der Waals surface area contributed by atoms with Gasteiger partial charge in [0.15, 0.2) is 0 Å². The lowest BCUT2D eigenvalue weighted by Gasteiger charge is -2.09. The first-order chi connectivity index (χ1) is 13.7. The Morgan fingerprint density at radius 1 is 1.14 bits per heavy atom. The van der Waals surface area contributed by atoms with Gasteiger partial charge in [0.2, 0.25) is 5.95 Å². The van der Waals surface area contributed by atoms with Crippen molar-refractivity contribution in [2.24, 2.45) is 0 Å². The molecule has 3 rings (SSSR count). The quantitative estimate of drug-likeness (QED) is 0.606. The lowest BCUT2D eigenvalue weighted by molar-refractivity contribution is 0.0949. The molecule has 0 radical (unpaired) electrons. The second-order valence-electron chi connectivity index (χ2n) is 6.07. The van der Waals surface area contributed by atoms with E-state index >= 15 is 0 Å². The molecule has 144 valence electrons. The van der Waals surface area contributed by atoms with Gasteiger partial charge < -0.3 is 15.4 Å². The molecule has 28 heavy (non-hydrogen) atoms. The summed E-state index contributed by atoms with van der Waals surface area (Å²) in [5, 5.41) is 6.64. The van der Waals surface area contributed by atoms with Crippen LogP contribution in [0.15, 0.2) is 60.8 Å². The van der Waals surface area contributed by atoms with E-state index in [2.05, 4.69) is 20.6 Å². The van der Waals surface area contributed by atoms with E-state index in [1.165, 1.54) is 0 Å². The topological polar surface area (TPSA) is 76.1 Å². The molecule has 0 spiro atoms. The number of aromatic nitrogens is 2. The summed E-state index contributed by atoms with van der Waals surface area (Å²) in [5.41, 5.74) is 2.33. The maximum Gasteiger partial charge on any atom is 0.270 e. The van der Waals surface area contributed by atoms with Crippen LogP contribution in [-0.2, 0) is 13.0 Å². The summed E-state index contributed by atoms with van der Waals surface area (Å²) in [6.45, 7) is 0.971. The highest BCUT2D eigenvalue weighted by molar-refractivity contribution is 6.31. The number of ether oxygens (including phenoxy) is 1. The van der Waals surface area contributed by atoms with Gasteiger partial charge in [-0.15, -0.1) is 0 Å². The summed E-state index contributed by atoms with van der Waals surface area (Å²) in [7, 11) is 1.63. The number of hydrogen-bond acceptors (Lipinski definition) is 5. The summed E-state index contributed by atoms with van der Waals surface area (Å²) < 4.78 is 5.21. The Morgan fingerprint density at radius 3 is 2.82 bits per heavy atom. The minimum atomic E-state index is -0.244. The molecule has 0 fully saturated rings. The van der Waals surface area contributed by atoms with Crippen molar-refractivity contribution >= 4 is 23.5 Å². The van der Waals surface area contributed by atoms with Crippen LogP contribution in [-0.4, -0.2) is 29.5 Å². The molecule has 0 bridgehead atoms. The normalized spacial score (nSPS) is 10.4. The van der Waals surface area contributed by atoms with Crippen LogP contribution in [0.25, 0.3) is 0 Å². The van der Waals surface area contributed by atoms with Gasteiger partial charge in [-0.3, -0.25) is 4.79 Å². The Bertz CT molecular complexity index is 949. The lowest BCUT2D eigenvalue weighted by Crippen LogP contribution is -2.26. The highest BCUT2D eigenvalue weighted by Gasteiger charge is 2.09. The number of nitrogens with one attached hydrogen (secondary N) is 2. The summed E-state index contributed by atoms with van der Waals surface area (Å²) in [6, 6.07) is 16.9. The van der Waals surface area contributed by atoms with Gasteiger partial charge in [0, 0.05) is 24.3 Å². The van der Waals surface area contributed by atoms with Gasteiger partial charge in [-0.05, 0) is 41.8 Å². The molecule has 3 aromatic rings. The van der Waals surface area contributed by atoms with E-state index in [0.717, 1.165) is 16.9 Å². The maximum absolute atomic E-state index is 12.4. The van der Waals surface area contributed by atoms with Crippen molar-refractivity contribution in [2.45, 2.75) is 13.0 Å². The number of carbonyl (C=O) groups is 1. The Morgan fingerprint density at radius 2 is 2.00 bits per heavy atom. The fraction of sp³-hybridized carbons (Fsp3) is 0.190. The third-order valence-corrected chi connectivity index (χ3v) is 4.49. The number of carbonyl (C=O) groups excluding carboxylic acids is 1. The van der Waals surface area contributed by atoms with Crippen molar-refractivity contribution in [2.75, 3.05) is 19.0 Å². The summed E-state index contributed by atoms with van der Waals surface area (Å²) in [4.78, 5) is 20.8. The van der Waals surface area contributed by atoms with Gasteiger partial charge in [0.25, 0.3) is 5.91 Å². The summed E-state index contributed by atoms with van der Waals surface area (Å²) in [6.07, 6.45) is 2.25. The fourth-order valence-electron chi connectivity index (χ4n) is 2.63. The van der Waals surface area contributed by atoms with Gasteiger partial charge in [-0.2, -0.15) is 0 Å². The molecule has 0 aliphatic carbocycles. The predicted octanol–water partition coefficient (Wildman–Crippen LogP) is 3.72. The molecule has 2 aromatic carbocycles. The molecule has 0 unspecified atom stereocenters. The highest BCUT2D eigenvalue weighted by Crippen LogP contribution is 2.16. The number of hydrogen-bond donors (Lipinski definition) is 2. The monoisotopic (exact) mass is 396 g/mol. The standard InChI is InChI=1S/C21H21ClN4O2/c1-28-17-7-4-5-15(13-17)9-11-23-20(27)19-10-12-24-21(26-19)25-14-16-6-2-3-8-18(16)22/h2-8,10,12-13H,9,11,14H2,1H3,(H,23,27)(H,24,25,26). The van der Waals surface area contributed by atoms with Crippen molar-refractivity contribution in [3.8, 4) is 5.75 Å². The first kappa shape index (κ1) is 19.6. The molecular formula is C21H21ClN4O2. The number of rotatable bonds is 8. The Hall–Kier alpha value is -3.12. The number of anilines is 1. The van der Waals surface area contributed by atoms with Crippen molar-refractivity contribution in [1.82, 2.24) is 15.3 Å². The minimum absolute atomic E-state index is 0.244. The fourth-order valence-corrected chi connectivity index (χ4v) is 2.83. The van der Waals surface area contributed by atoms with Gasteiger partial charge in [0.1, 0.15) is 11.4 Å². The van der Waals surface area contributed by atoms with Crippen molar-refractivity contribution < 1.29 is 9.53 Å². The minimum Gasteiger partial charge on any atom is -0.497 e. The number of nitrogens with zero attached hydrogens (tertiary/aromatic N) is 2. The van der Waals surface area contributed by atoms with Gasteiger partial charge in [-0.25, -0.2) is 9.97 Å². The third kappa shape index (κ3) is 5.44.